The number of aliphatic carboxylic acids is 4. The smallest absolute Gasteiger partial charge is 0.322 e. The van der Waals surface area contributed by atoms with Gasteiger partial charge in [0.15, 0.2) is 0 Å². The molecule has 10 nitrogen and oxygen atoms in total. The van der Waals surface area contributed by atoms with Crippen LogP contribution in [-0.2, 0) is 19.2 Å². The highest BCUT2D eigenvalue weighted by atomic mass is 16.4. The van der Waals surface area contributed by atoms with E-state index in [1.54, 1.807) is 0 Å². The lowest BCUT2D eigenvalue weighted by atomic mass is 10.1. The van der Waals surface area contributed by atoms with Crippen molar-refractivity contribution in [2.45, 2.75) is 31.0 Å². The summed E-state index contributed by atoms with van der Waals surface area (Å²) in [6.07, 6.45) is -0.917. The lowest BCUT2D eigenvalue weighted by Crippen LogP contribution is -2.58. The molecule has 1 unspecified atom stereocenters. The van der Waals surface area contributed by atoms with Gasteiger partial charge in [0.2, 0.25) is 0 Å². The van der Waals surface area contributed by atoms with Crippen LogP contribution in [0.3, 0.4) is 0 Å². The summed E-state index contributed by atoms with van der Waals surface area (Å²) in [5, 5.41) is 36.6. The highest BCUT2D eigenvalue weighted by molar-refractivity contribution is 5.86. The molecule has 0 aromatic heterocycles. The summed E-state index contributed by atoms with van der Waals surface area (Å²) in [6, 6.07) is -5.22. The molecule has 0 saturated heterocycles. The second-order valence-corrected chi connectivity index (χ2v) is 3.67. The molecule has 0 fully saturated rings. The Bertz CT molecular complexity index is 382. The number of nitrogens with one attached hydrogen (secondary N) is 1. The second-order valence-electron chi connectivity index (χ2n) is 3.67. The molecule has 108 valence electrons. The maximum Gasteiger partial charge on any atom is 0.322 e. The Labute approximate surface area is 106 Å². The predicted molar refractivity (Wildman–Crippen MR) is 58.5 cm³/mol. The van der Waals surface area contributed by atoms with Gasteiger partial charge in [0.1, 0.15) is 18.1 Å². The zero-order valence-corrected chi connectivity index (χ0v) is 9.65. The molecule has 0 spiro atoms. The number of carboxylic acid groups (broad SMARTS) is 4. The maximum absolute atomic E-state index is 10.8. The Morgan fingerprint density at radius 1 is 0.947 bits per heavy atom. The van der Waals surface area contributed by atoms with Crippen LogP contribution in [0.15, 0.2) is 0 Å². The first-order valence-corrected chi connectivity index (χ1v) is 5.08. The summed E-state index contributed by atoms with van der Waals surface area (Å²) >= 11 is 0. The van der Waals surface area contributed by atoms with Crippen LogP contribution in [0.2, 0.25) is 0 Å². The fraction of sp³-hybridized carbons (Fsp3) is 0.556. The molecule has 0 rings (SSSR count). The monoisotopic (exact) mass is 278 g/mol. The van der Waals surface area contributed by atoms with Gasteiger partial charge >= 0.3 is 23.9 Å². The third-order valence-electron chi connectivity index (χ3n) is 2.24. The SMILES string of the molecule is N[C@H](C(=O)O)C(N[C@@H](CCC(=O)O)C(=O)O)C(=O)O. The summed E-state index contributed by atoms with van der Waals surface area (Å²) in [6.45, 7) is 0. The van der Waals surface area contributed by atoms with Crippen LogP contribution in [0.25, 0.3) is 0 Å². The number of hydrogen-bond donors (Lipinski definition) is 6. The van der Waals surface area contributed by atoms with Gasteiger partial charge in [-0.3, -0.25) is 24.5 Å². The number of carboxylic acids is 4. The van der Waals surface area contributed by atoms with Crippen molar-refractivity contribution < 1.29 is 39.6 Å². The van der Waals surface area contributed by atoms with E-state index in [1.807, 2.05) is 5.32 Å². The molecule has 19 heavy (non-hydrogen) atoms. The molecule has 0 aromatic rings. The summed E-state index contributed by atoms with van der Waals surface area (Å²) in [5.74, 6) is -6.02. The largest absolute Gasteiger partial charge is 0.481 e. The third-order valence-corrected chi connectivity index (χ3v) is 2.24. The lowest BCUT2D eigenvalue weighted by Gasteiger charge is -2.22. The van der Waals surface area contributed by atoms with Crippen molar-refractivity contribution in [1.82, 2.24) is 5.32 Å². The van der Waals surface area contributed by atoms with Crippen molar-refractivity contribution in [2.24, 2.45) is 5.73 Å². The van der Waals surface area contributed by atoms with E-state index < -0.39 is 54.8 Å². The van der Waals surface area contributed by atoms with Crippen LogP contribution in [0, 0.1) is 0 Å². The van der Waals surface area contributed by atoms with Crippen molar-refractivity contribution >= 4 is 23.9 Å². The van der Waals surface area contributed by atoms with Gasteiger partial charge in [-0.15, -0.1) is 0 Å². The van der Waals surface area contributed by atoms with E-state index in [0.29, 0.717) is 0 Å². The molecule has 0 saturated carbocycles. The number of rotatable bonds is 9. The van der Waals surface area contributed by atoms with Gasteiger partial charge < -0.3 is 26.2 Å². The Morgan fingerprint density at radius 3 is 1.79 bits per heavy atom. The van der Waals surface area contributed by atoms with Crippen molar-refractivity contribution in [2.75, 3.05) is 0 Å². The van der Waals surface area contributed by atoms with Crippen molar-refractivity contribution in [3.8, 4) is 0 Å². The van der Waals surface area contributed by atoms with Crippen molar-refractivity contribution in [3.63, 3.8) is 0 Å². The molecular weight excluding hydrogens is 264 g/mol. The van der Waals surface area contributed by atoms with Gasteiger partial charge in [-0.1, -0.05) is 0 Å². The highest BCUT2D eigenvalue weighted by Crippen LogP contribution is 2.02. The Morgan fingerprint density at radius 2 is 1.47 bits per heavy atom. The van der Waals surface area contributed by atoms with Gasteiger partial charge in [-0.05, 0) is 6.42 Å². The molecule has 0 radical (unpaired) electrons. The van der Waals surface area contributed by atoms with Crippen LogP contribution in [0.5, 0.6) is 0 Å². The Kier molecular flexibility index (Phi) is 6.44. The van der Waals surface area contributed by atoms with Crippen LogP contribution < -0.4 is 11.1 Å². The average molecular weight is 278 g/mol. The zero-order valence-electron chi connectivity index (χ0n) is 9.65. The minimum atomic E-state index is -1.86. The predicted octanol–water partition coefficient (Wildman–Crippen LogP) is -2.24. The van der Waals surface area contributed by atoms with E-state index in [4.69, 9.17) is 26.2 Å². The molecule has 0 aliphatic heterocycles. The zero-order chi connectivity index (χ0) is 15.2. The molecule has 0 aromatic carbocycles. The lowest BCUT2D eigenvalue weighted by molar-refractivity contribution is -0.149. The van der Waals surface area contributed by atoms with E-state index in [1.165, 1.54) is 0 Å². The summed E-state index contributed by atoms with van der Waals surface area (Å²) in [4.78, 5) is 42.6. The number of carbonyl (C=O) groups is 4. The van der Waals surface area contributed by atoms with Gasteiger partial charge in [0, 0.05) is 6.42 Å². The molecule has 0 aliphatic rings. The first-order chi connectivity index (χ1) is 8.66. The first kappa shape index (κ1) is 16.8. The van der Waals surface area contributed by atoms with E-state index in [0.717, 1.165) is 0 Å². The van der Waals surface area contributed by atoms with E-state index in [9.17, 15) is 19.2 Å². The first-order valence-electron chi connectivity index (χ1n) is 5.08. The van der Waals surface area contributed by atoms with Gasteiger partial charge in [0.25, 0.3) is 0 Å². The van der Waals surface area contributed by atoms with E-state index in [-0.39, 0.29) is 0 Å². The van der Waals surface area contributed by atoms with Crippen LogP contribution in [0.1, 0.15) is 12.8 Å². The molecule has 0 bridgehead atoms. The summed E-state index contributed by atoms with van der Waals surface area (Å²) in [5.41, 5.74) is 5.11. The van der Waals surface area contributed by atoms with Crippen LogP contribution >= 0.6 is 0 Å². The Hall–Kier alpha value is -2.20. The van der Waals surface area contributed by atoms with Gasteiger partial charge in [0.05, 0.1) is 0 Å². The van der Waals surface area contributed by atoms with E-state index >= 15 is 0 Å². The normalized spacial score (nSPS) is 15.2. The summed E-state index contributed by atoms with van der Waals surface area (Å²) < 4.78 is 0. The van der Waals surface area contributed by atoms with Crippen molar-refractivity contribution in [1.29, 1.82) is 0 Å². The fourth-order valence-electron chi connectivity index (χ4n) is 1.23. The molecule has 7 N–H and O–H groups in total. The minimum Gasteiger partial charge on any atom is -0.481 e. The molecule has 0 aliphatic carbocycles. The molecule has 0 heterocycles. The fourth-order valence-corrected chi connectivity index (χ4v) is 1.23. The van der Waals surface area contributed by atoms with E-state index in [2.05, 4.69) is 0 Å². The summed E-state index contributed by atoms with van der Waals surface area (Å²) in [7, 11) is 0. The molecular formula is C9H14N2O8. The molecule has 0 amide bonds. The van der Waals surface area contributed by atoms with Crippen molar-refractivity contribution in [3.05, 3.63) is 0 Å². The molecule has 3 atom stereocenters. The second kappa shape index (κ2) is 7.28. The average Bonchev–Trinajstić information content (AvgIpc) is 2.26. The third kappa shape index (κ3) is 5.79. The maximum atomic E-state index is 10.8. The Balaban J connectivity index is 4.85. The number of nitrogens with two attached hydrogens (primary N) is 1. The topological polar surface area (TPSA) is 187 Å². The highest BCUT2D eigenvalue weighted by Gasteiger charge is 2.34. The standard InChI is InChI=1S/C9H14N2O8/c10-5(8(16)17)6(9(18)19)11-3(7(14)15)1-2-4(12)13/h3,5-6,11H,1-2,10H2,(H,12,13)(H,14,15)(H,16,17)(H,18,19)/t3-,5-,6?/m0/s1. The van der Waals surface area contributed by atoms with Crippen LogP contribution in [0.4, 0.5) is 0 Å². The quantitative estimate of drug-likeness (QED) is 0.269. The minimum absolute atomic E-state index is 0.402. The van der Waals surface area contributed by atoms with Gasteiger partial charge in [-0.2, -0.15) is 0 Å². The molecule has 10 heteroatoms. The number of hydrogen-bond acceptors (Lipinski definition) is 6. The van der Waals surface area contributed by atoms with Gasteiger partial charge in [-0.25, -0.2) is 0 Å². The van der Waals surface area contributed by atoms with Crippen LogP contribution in [-0.4, -0.2) is 62.4 Å².